The highest BCUT2D eigenvalue weighted by atomic mass is 32.1. The third kappa shape index (κ3) is 2.38. The zero-order chi connectivity index (χ0) is 11.4. The molecule has 1 aromatic rings. The van der Waals surface area contributed by atoms with Gasteiger partial charge in [-0.15, -0.1) is 5.10 Å². The maximum atomic E-state index is 12.1. The number of aromatic nitrogens is 2. The predicted molar refractivity (Wildman–Crippen MR) is 62.5 cm³/mol. The Morgan fingerprint density at radius 1 is 1.62 bits per heavy atom. The van der Waals surface area contributed by atoms with E-state index in [-0.39, 0.29) is 5.91 Å². The molecule has 16 heavy (non-hydrogen) atoms. The van der Waals surface area contributed by atoms with E-state index in [9.17, 15) is 4.79 Å². The first-order valence-corrected chi connectivity index (χ1v) is 6.45. The highest BCUT2D eigenvalue weighted by Crippen LogP contribution is 2.14. The lowest BCUT2D eigenvalue weighted by Crippen LogP contribution is -2.46. The number of amides is 1. The molecule has 0 unspecified atom stereocenters. The van der Waals surface area contributed by atoms with Crippen LogP contribution in [0.2, 0.25) is 0 Å². The molecule has 1 aromatic heterocycles. The van der Waals surface area contributed by atoms with E-state index in [0.717, 1.165) is 32.5 Å². The summed E-state index contributed by atoms with van der Waals surface area (Å²) in [7, 11) is 0. The van der Waals surface area contributed by atoms with E-state index in [1.54, 1.807) is 5.38 Å². The quantitative estimate of drug-likeness (QED) is 0.847. The number of nitrogens with one attached hydrogen (secondary N) is 1. The molecule has 5 nitrogen and oxygen atoms in total. The van der Waals surface area contributed by atoms with Crippen molar-refractivity contribution in [2.75, 3.05) is 19.6 Å². The van der Waals surface area contributed by atoms with E-state index in [4.69, 9.17) is 0 Å². The van der Waals surface area contributed by atoms with Crippen LogP contribution in [0.5, 0.6) is 0 Å². The van der Waals surface area contributed by atoms with E-state index < -0.39 is 0 Å². The van der Waals surface area contributed by atoms with Gasteiger partial charge < -0.3 is 10.2 Å². The van der Waals surface area contributed by atoms with Crippen molar-refractivity contribution in [3.05, 3.63) is 11.1 Å². The lowest BCUT2D eigenvalue weighted by atomic mass is 10.0. The summed E-state index contributed by atoms with van der Waals surface area (Å²) >= 11 is 1.22. The largest absolute Gasteiger partial charge is 0.334 e. The molecule has 1 aliphatic heterocycles. The van der Waals surface area contributed by atoms with Crippen molar-refractivity contribution in [3.8, 4) is 0 Å². The molecule has 0 bridgehead atoms. The van der Waals surface area contributed by atoms with Crippen molar-refractivity contribution in [1.82, 2.24) is 19.8 Å². The van der Waals surface area contributed by atoms with Crippen LogP contribution in [0.1, 0.15) is 30.3 Å². The van der Waals surface area contributed by atoms with E-state index in [2.05, 4.69) is 14.9 Å². The number of piperidine rings is 1. The smallest absolute Gasteiger partial charge is 0.275 e. The molecule has 0 spiro atoms. The monoisotopic (exact) mass is 240 g/mol. The van der Waals surface area contributed by atoms with Crippen LogP contribution in [0, 0.1) is 0 Å². The average Bonchev–Trinajstić information content (AvgIpc) is 2.85. The molecule has 0 aromatic carbocycles. The molecule has 0 aliphatic carbocycles. The molecule has 0 atom stereocenters. The zero-order valence-electron chi connectivity index (χ0n) is 9.35. The third-order valence-corrected chi connectivity index (χ3v) is 3.43. The Bertz CT molecular complexity index is 335. The first kappa shape index (κ1) is 11.5. The molecule has 1 saturated heterocycles. The maximum absolute atomic E-state index is 12.1. The number of nitrogens with zero attached hydrogens (tertiary/aromatic N) is 3. The van der Waals surface area contributed by atoms with Gasteiger partial charge in [0.05, 0.1) is 0 Å². The summed E-state index contributed by atoms with van der Waals surface area (Å²) in [5, 5.41) is 8.86. The van der Waals surface area contributed by atoms with Gasteiger partial charge in [0.25, 0.3) is 5.91 Å². The molecule has 0 radical (unpaired) electrons. The van der Waals surface area contributed by atoms with Gasteiger partial charge in [-0.2, -0.15) is 0 Å². The summed E-state index contributed by atoms with van der Waals surface area (Å²) in [5.41, 5.74) is 0.477. The summed E-state index contributed by atoms with van der Waals surface area (Å²) in [4.78, 5) is 14.1. The summed E-state index contributed by atoms with van der Waals surface area (Å²) < 4.78 is 3.74. The summed E-state index contributed by atoms with van der Waals surface area (Å²) in [6.07, 6.45) is 2.05. The fraction of sp³-hybridized carbons (Fsp3) is 0.700. The van der Waals surface area contributed by atoms with Crippen molar-refractivity contribution in [2.45, 2.75) is 25.8 Å². The van der Waals surface area contributed by atoms with Gasteiger partial charge >= 0.3 is 0 Å². The first-order chi connectivity index (χ1) is 7.83. The minimum absolute atomic E-state index is 0.0168. The lowest BCUT2D eigenvalue weighted by molar-refractivity contribution is 0.0650. The summed E-state index contributed by atoms with van der Waals surface area (Å²) in [6.45, 7) is 4.73. The topological polar surface area (TPSA) is 58.1 Å². The summed E-state index contributed by atoms with van der Waals surface area (Å²) in [6, 6.07) is 0.348. The molecule has 88 valence electrons. The standard InChI is InChI=1S/C10H16N4OS/c1-2-14(8-3-5-11-6-4-8)10(15)9-7-16-13-12-9/h7-8,11H,2-6H2,1H3. The molecule has 6 heteroatoms. The second-order valence-corrected chi connectivity index (χ2v) is 4.47. The SMILES string of the molecule is CCN(C(=O)c1csnn1)C1CCNCC1. The Balaban J connectivity index is 2.06. The zero-order valence-corrected chi connectivity index (χ0v) is 10.2. The Kier molecular flexibility index (Phi) is 3.84. The molecular formula is C10H16N4OS. The molecule has 2 heterocycles. The number of hydrogen-bond acceptors (Lipinski definition) is 5. The van der Waals surface area contributed by atoms with E-state index in [1.807, 2.05) is 11.8 Å². The molecule has 1 N–H and O–H groups in total. The normalized spacial score (nSPS) is 17.3. The highest BCUT2D eigenvalue weighted by Gasteiger charge is 2.25. The van der Waals surface area contributed by atoms with E-state index in [0.29, 0.717) is 11.7 Å². The maximum Gasteiger partial charge on any atom is 0.275 e. The van der Waals surface area contributed by atoms with Crippen LogP contribution >= 0.6 is 11.5 Å². The van der Waals surface area contributed by atoms with E-state index >= 15 is 0 Å². The van der Waals surface area contributed by atoms with E-state index in [1.165, 1.54) is 11.5 Å². The lowest BCUT2D eigenvalue weighted by Gasteiger charge is -2.33. The van der Waals surface area contributed by atoms with Gasteiger partial charge in [0.2, 0.25) is 0 Å². The van der Waals surface area contributed by atoms with Crippen molar-refractivity contribution in [2.24, 2.45) is 0 Å². The van der Waals surface area contributed by atoms with Gasteiger partial charge in [0.15, 0.2) is 5.69 Å². The third-order valence-electron chi connectivity index (χ3n) is 2.93. The molecule has 2 rings (SSSR count). The van der Waals surface area contributed by atoms with Crippen molar-refractivity contribution >= 4 is 17.4 Å². The Labute approximate surface area is 99.0 Å². The Morgan fingerprint density at radius 2 is 2.38 bits per heavy atom. The second-order valence-electron chi connectivity index (χ2n) is 3.86. The fourth-order valence-electron chi connectivity index (χ4n) is 2.09. The van der Waals surface area contributed by atoms with Crippen LogP contribution in [0.25, 0.3) is 0 Å². The van der Waals surface area contributed by atoms with Crippen LogP contribution in [0.4, 0.5) is 0 Å². The van der Waals surface area contributed by atoms with Crippen LogP contribution < -0.4 is 5.32 Å². The molecule has 1 fully saturated rings. The van der Waals surface area contributed by atoms with Gasteiger partial charge in [0, 0.05) is 18.0 Å². The minimum Gasteiger partial charge on any atom is -0.334 e. The molecule has 0 saturated carbocycles. The summed E-state index contributed by atoms with van der Waals surface area (Å²) in [5.74, 6) is 0.0168. The van der Waals surface area contributed by atoms with Crippen LogP contribution in [0.15, 0.2) is 5.38 Å². The second kappa shape index (κ2) is 5.36. The number of hydrogen-bond donors (Lipinski definition) is 1. The number of rotatable bonds is 3. The molecular weight excluding hydrogens is 224 g/mol. The van der Waals surface area contributed by atoms with Crippen LogP contribution in [-0.2, 0) is 0 Å². The minimum atomic E-state index is 0.0168. The van der Waals surface area contributed by atoms with Crippen molar-refractivity contribution in [3.63, 3.8) is 0 Å². The number of carbonyl (C=O) groups excluding carboxylic acids is 1. The van der Waals surface area contributed by atoms with Crippen LogP contribution in [0.3, 0.4) is 0 Å². The first-order valence-electron chi connectivity index (χ1n) is 5.61. The van der Waals surface area contributed by atoms with Gasteiger partial charge in [-0.3, -0.25) is 4.79 Å². The van der Waals surface area contributed by atoms with Crippen molar-refractivity contribution < 1.29 is 4.79 Å². The Morgan fingerprint density at radius 3 is 2.94 bits per heavy atom. The number of carbonyl (C=O) groups is 1. The molecule has 1 aliphatic rings. The van der Waals surface area contributed by atoms with Gasteiger partial charge in [-0.1, -0.05) is 4.49 Å². The fourth-order valence-corrected chi connectivity index (χ4v) is 2.52. The predicted octanol–water partition coefficient (Wildman–Crippen LogP) is 0.752. The van der Waals surface area contributed by atoms with Crippen molar-refractivity contribution in [1.29, 1.82) is 0 Å². The van der Waals surface area contributed by atoms with Crippen LogP contribution in [-0.4, -0.2) is 46.1 Å². The van der Waals surface area contributed by atoms with Gasteiger partial charge in [-0.25, -0.2) is 0 Å². The van der Waals surface area contributed by atoms with Gasteiger partial charge in [0.1, 0.15) is 0 Å². The molecule has 1 amide bonds. The van der Waals surface area contributed by atoms with Gasteiger partial charge in [-0.05, 0) is 44.4 Å². The Hall–Kier alpha value is -1.01. The highest BCUT2D eigenvalue weighted by molar-refractivity contribution is 7.03. The average molecular weight is 240 g/mol.